The first-order valence-corrected chi connectivity index (χ1v) is 14.4. The molecule has 208 valence electrons. The van der Waals surface area contributed by atoms with Crippen LogP contribution < -0.4 is 9.47 Å². The summed E-state index contributed by atoms with van der Waals surface area (Å²) in [7, 11) is 0. The fourth-order valence-corrected chi connectivity index (χ4v) is 4.90. The van der Waals surface area contributed by atoms with Gasteiger partial charge in [-0.2, -0.15) is 5.26 Å². The SMILES string of the molecule is CCCC(CCCCc1ccc(C=C(C#N)C(=O)Oc2ccc(OCC)cc2)cc1)OC(=O)C1CCCCC1. The van der Waals surface area contributed by atoms with Gasteiger partial charge in [-0.25, -0.2) is 4.79 Å². The van der Waals surface area contributed by atoms with E-state index in [1.54, 1.807) is 24.3 Å². The molecule has 1 saturated carbocycles. The fraction of sp³-hybridized carbons (Fsp3) is 0.485. The Balaban J connectivity index is 1.45. The third-order valence-corrected chi connectivity index (χ3v) is 7.05. The van der Waals surface area contributed by atoms with Gasteiger partial charge in [-0.15, -0.1) is 0 Å². The molecule has 0 amide bonds. The topological polar surface area (TPSA) is 85.6 Å². The Morgan fingerprint density at radius 1 is 0.949 bits per heavy atom. The second kappa shape index (κ2) is 16.4. The van der Waals surface area contributed by atoms with E-state index in [0.717, 1.165) is 69.8 Å². The van der Waals surface area contributed by atoms with Crippen molar-refractivity contribution in [3.8, 4) is 17.6 Å². The van der Waals surface area contributed by atoms with Gasteiger partial charge in [0.05, 0.1) is 12.5 Å². The van der Waals surface area contributed by atoms with Crippen LogP contribution in [0.3, 0.4) is 0 Å². The van der Waals surface area contributed by atoms with Crippen molar-refractivity contribution in [2.45, 2.75) is 90.6 Å². The summed E-state index contributed by atoms with van der Waals surface area (Å²) in [6, 6.07) is 16.5. The maximum atomic E-state index is 12.6. The Morgan fingerprint density at radius 2 is 1.64 bits per heavy atom. The van der Waals surface area contributed by atoms with Crippen LogP contribution in [0.4, 0.5) is 0 Å². The molecule has 3 rings (SSSR count). The second-order valence-electron chi connectivity index (χ2n) is 10.1. The van der Waals surface area contributed by atoms with Crippen LogP contribution in [0.25, 0.3) is 6.08 Å². The normalized spacial score (nSPS) is 14.7. The lowest BCUT2D eigenvalue weighted by Gasteiger charge is -2.24. The van der Waals surface area contributed by atoms with Gasteiger partial charge in [0.15, 0.2) is 0 Å². The summed E-state index contributed by atoms with van der Waals surface area (Å²) >= 11 is 0. The Bertz CT molecular complexity index is 1110. The van der Waals surface area contributed by atoms with Crippen LogP contribution in [-0.4, -0.2) is 24.6 Å². The van der Waals surface area contributed by atoms with Crippen molar-refractivity contribution in [3.63, 3.8) is 0 Å². The molecule has 1 atom stereocenters. The molecule has 0 heterocycles. The van der Waals surface area contributed by atoms with Crippen LogP contribution in [0.15, 0.2) is 54.1 Å². The van der Waals surface area contributed by atoms with Crippen molar-refractivity contribution < 1.29 is 23.8 Å². The number of nitrogens with zero attached hydrogens (tertiary/aromatic N) is 1. The molecule has 0 aromatic heterocycles. The average Bonchev–Trinajstić information content (AvgIpc) is 2.96. The van der Waals surface area contributed by atoms with Crippen LogP contribution in [0, 0.1) is 17.2 Å². The summed E-state index contributed by atoms with van der Waals surface area (Å²) in [5.41, 5.74) is 1.88. The van der Waals surface area contributed by atoms with Gasteiger partial charge in [-0.05, 0) is 93.3 Å². The van der Waals surface area contributed by atoms with Crippen LogP contribution >= 0.6 is 0 Å². The number of unbranched alkanes of at least 4 members (excludes halogenated alkanes) is 1. The number of carbonyl (C=O) groups excluding carboxylic acids is 2. The Hall–Kier alpha value is -3.59. The first-order chi connectivity index (χ1) is 19.0. The summed E-state index contributed by atoms with van der Waals surface area (Å²) < 4.78 is 16.6. The smallest absolute Gasteiger partial charge is 0.354 e. The molecule has 0 aliphatic heterocycles. The van der Waals surface area contributed by atoms with E-state index < -0.39 is 5.97 Å². The van der Waals surface area contributed by atoms with Gasteiger partial charge >= 0.3 is 11.9 Å². The number of nitriles is 1. The van der Waals surface area contributed by atoms with Crippen molar-refractivity contribution in [1.29, 1.82) is 5.26 Å². The number of rotatable bonds is 14. The summed E-state index contributed by atoms with van der Waals surface area (Å²) in [5, 5.41) is 9.49. The molecule has 0 N–H and O–H groups in total. The predicted molar refractivity (Wildman–Crippen MR) is 152 cm³/mol. The van der Waals surface area contributed by atoms with Gasteiger partial charge in [0.1, 0.15) is 29.2 Å². The zero-order valence-electron chi connectivity index (χ0n) is 23.3. The Kier molecular flexibility index (Phi) is 12.6. The molecule has 0 radical (unpaired) electrons. The lowest BCUT2D eigenvalue weighted by Crippen LogP contribution is -2.26. The quantitative estimate of drug-likeness (QED) is 0.0820. The Labute approximate surface area is 233 Å². The first kappa shape index (κ1) is 30.0. The Morgan fingerprint density at radius 3 is 2.28 bits per heavy atom. The zero-order chi connectivity index (χ0) is 27.9. The molecule has 1 aliphatic rings. The minimum Gasteiger partial charge on any atom is -0.494 e. The van der Waals surface area contributed by atoms with E-state index in [-0.39, 0.29) is 23.6 Å². The van der Waals surface area contributed by atoms with E-state index >= 15 is 0 Å². The van der Waals surface area contributed by atoms with Crippen molar-refractivity contribution in [3.05, 3.63) is 65.2 Å². The molecule has 0 bridgehead atoms. The molecule has 0 saturated heterocycles. The number of benzene rings is 2. The molecular formula is C33H41NO5. The van der Waals surface area contributed by atoms with Gasteiger partial charge < -0.3 is 14.2 Å². The number of ether oxygens (including phenoxy) is 3. The van der Waals surface area contributed by atoms with Gasteiger partial charge in [0.2, 0.25) is 0 Å². The largest absolute Gasteiger partial charge is 0.494 e. The number of carbonyl (C=O) groups is 2. The molecular weight excluding hydrogens is 490 g/mol. The number of hydrogen-bond donors (Lipinski definition) is 0. The third-order valence-electron chi connectivity index (χ3n) is 7.05. The molecule has 1 fully saturated rings. The summed E-state index contributed by atoms with van der Waals surface area (Å²) in [6.07, 6.45) is 12.8. The van der Waals surface area contributed by atoms with Gasteiger partial charge in [0.25, 0.3) is 0 Å². The predicted octanol–water partition coefficient (Wildman–Crippen LogP) is 7.60. The molecule has 6 heteroatoms. The van der Waals surface area contributed by atoms with Gasteiger partial charge in [0, 0.05) is 0 Å². The molecule has 1 unspecified atom stereocenters. The molecule has 39 heavy (non-hydrogen) atoms. The van der Waals surface area contributed by atoms with Crippen molar-refractivity contribution in [2.75, 3.05) is 6.61 Å². The fourth-order valence-electron chi connectivity index (χ4n) is 4.90. The van der Waals surface area contributed by atoms with Crippen LogP contribution in [0.2, 0.25) is 0 Å². The number of hydrogen-bond acceptors (Lipinski definition) is 6. The highest BCUT2D eigenvalue weighted by Gasteiger charge is 2.25. The highest BCUT2D eigenvalue weighted by atomic mass is 16.5. The summed E-state index contributed by atoms with van der Waals surface area (Å²) in [4.78, 5) is 25.0. The highest BCUT2D eigenvalue weighted by Crippen LogP contribution is 2.26. The van der Waals surface area contributed by atoms with Crippen molar-refractivity contribution >= 4 is 18.0 Å². The van der Waals surface area contributed by atoms with E-state index in [1.165, 1.54) is 18.1 Å². The van der Waals surface area contributed by atoms with Crippen LogP contribution in [-0.2, 0) is 20.7 Å². The third kappa shape index (κ3) is 10.2. The summed E-state index contributed by atoms with van der Waals surface area (Å²) in [6.45, 7) is 4.58. The first-order valence-electron chi connectivity index (χ1n) is 14.4. The second-order valence-corrected chi connectivity index (χ2v) is 10.1. The van der Waals surface area contributed by atoms with Crippen LogP contribution in [0.1, 0.15) is 89.2 Å². The minimum absolute atomic E-state index is 0.0110. The zero-order valence-corrected chi connectivity index (χ0v) is 23.3. The maximum Gasteiger partial charge on any atom is 0.354 e. The maximum absolute atomic E-state index is 12.6. The molecule has 2 aromatic rings. The average molecular weight is 532 g/mol. The highest BCUT2D eigenvalue weighted by molar-refractivity contribution is 5.99. The molecule has 0 spiro atoms. The lowest BCUT2D eigenvalue weighted by atomic mass is 9.89. The van der Waals surface area contributed by atoms with E-state index in [1.807, 2.05) is 37.3 Å². The number of aryl methyl sites for hydroxylation is 1. The van der Waals surface area contributed by atoms with Gasteiger partial charge in [-0.3, -0.25) is 4.79 Å². The van der Waals surface area contributed by atoms with Gasteiger partial charge in [-0.1, -0.05) is 56.9 Å². The van der Waals surface area contributed by atoms with Crippen LogP contribution in [0.5, 0.6) is 11.5 Å². The van der Waals surface area contributed by atoms with Crippen molar-refractivity contribution in [1.82, 2.24) is 0 Å². The van der Waals surface area contributed by atoms with E-state index in [9.17, 15) is 14.9 Å². The monoisotopic (exact) mass is 531 g/mol. The molecule has 6 nitrogen and oxygen atoms in total. The minimum atomic E-state index is -0.698. The van der Waals surface area contributed by atoms with E-state index in [2.05, 4.69) is 6.92 Å². The number of esters is 2. The van der Waals surface area contributed by atoms with E-state index in [4.69, 9.17) is 14.2 Å². The molecule has 1 aliphatic carbocycles. The summed E-state index contributed by atoms with van der Waals surface area (Å²) in [5.74, 6) is 0.451. The lowest BCUT2D eigenvalue weighted by molar-refractivity contribution is -0.156. The standard InChI is InChI=1S/C33H41NO5/c1-3-10-30(38-32(35)27-12-6-5-7-13-27)14-9-8-11-25-15-17-26(18-16-25)23-28(24-34)33(36)39-31-21-19-29(20-22-31)37-4-2/h15-23,27,30H,3-14H2,1-2H3. The van der Waals surface area contributed by atoms with E-state index in [0.29, 0.717) is 18.1 Å². The molecule has 2 aromatic carbocycles. The van der Waals surface area contributed by atoms with Crippen molar-refractivity contribution in [2.24, 2.45) is 5.92 Å².